The summed E-state index contributed by atoms with van der Waals surface area (Å²) < 4.78 is 30.8. The van der Waals surface area contributed by atoms with Crippen molar-refractivity contribution < 1.29 is 8.42 Å². The van der Waals surface area contributed by atoms with Crippen molar-refractivity contribution in [2.45, 2.75) is 64.8 Å². The molecule has 1 aromatic heterocycles. The fourth-order valence-electron chi connectivity index (χ4n) is 3.93. The second kappa shape index (κ2) is 8.84. The zero-order chi connectivity index (χ0) is 19.4. The molecule has 0 N–H and O–H groups in total. The van der Waals surface area contributed by atoms with Gasteiger partial charge >= 0.3 is 0 Å². The van der Waals surface area contributed by atoms with E-state index in [1.165, 1.54) is 0 Å². The lowest BCUT2D eigenvalue weighted by Crippen LogP contribution is -2.48. The van der Waals surface area contributed by atoms with Gasteiger partial charge in [-0.05, 0) is 37.5 Å². The topological polar surface area (TPSA) is 75.5 Å². The molecular weight excluding hydrogens is 364 g/mol. The maximum Gasteiger partial charge on any atom is 0.281 e. The van der Waals surface area contributed by atoms with Crippen molar-refractivity contribution in [3.8, 4) is 0 Å². The van der Waals surface area contributed by atoms with E-state index in [0.29, 0.717) is 38.6 Å². The highest BCUT2D eigenvalue weighted by Gasteiger charge is 2.33. The molecule has 0 amide bonds. The van der Waals surface area contributed by atoms with E-state index in [-0.39, 0.29) is 11.5 Å². The van der Waals surface area contributed by atoms with Gasteiger partial charge in [0.25, 0.3) is 15.8 Å². The first kappa shape index (κ1) is 20.5. The first-order valence-corrected chi connectivity index (χ1v) is 11.6. The first-order chi connectivity index (χ1) is 12.9. The summed E-state index contributed by atoms with van der Waals surface area (Å²) in [7, 11) is -3.34. The third kappa shape index (κ3) is 4.97. The van der Waals surface area contributed by atoms with Gasteiger partial charge in [-0.15, -0.1) is 0 Å². The Labute approximate surface area is 162 Å². The van der Waals surface area contributed by atoms with Gasteiger partial charge in [-0.25, -0.2) is 4.98 Å². The monoisotopic (exact) mass is 396 g/mol. The quantitative estimate of drug-likeness (QED) is 0.765. The second-order valence-electron chi connectivity index (χ2n) is 8.12. The van der Waals surface area contributed by atoms with Crippen molar-refractivity contribution in [3.05, 3.63) is 28.4 Å². The lowest BCUT2D eigenvalue weighted by molar-refractivity contribution is 0.236. The highest BCUT2D eigenvalue weighted by molar-refractivity contribution is 7.86. The summed E-state index contributed by atoms with van der Waals surface area (Å²) >= 11 is 0. The molecule has 0 unspecified atom stereocenters. The molecule has 0 aromatic carbocycles. The van der Waals surface area contributed by atoms with Crippen LogP contribution in [0, 0.1) is 5.92 Å². The van der Waals surface area contributed by atoms with Crippen LogP contribution in [0.3, 0.4) is 0 Å². The van der Waals surface area contributed by atoms with Crippen LogP contribution in [-0.2, 0) is 16.8 Å². The summed E-state index contributed by atoms with van der Waals surface area (Å²) in [6, 6.07) is 1.61. The molecule has 0 bridgehead atoms. The lowest BCUT2D eigenvalue weighted by Gasteiger charge is -2.34. The zero-order valence-corrected chi connectivity index (χ0v) is 17.3. The molecule has 7 nitrogen and oxygen atoms in total. The van der Waals surface area contributed by atoms with Crippen molar-refractivity contribution in [1.82, 2.24) is 18.2 Å². The molecule has 2 aliphatic rings. The van der Waals surface area contributed by atoms with Gasteiger partial charge in [0.2, 0.25) is 0 Å². The predicted octanol–water partition coefficient (Wildman–Crippen LogP) is 2.20. The van der Waals surface area contributed by atoms with E-state index >= 15 is 0 Å². The molecule has 2 aliphatic heterocycles. The van der Waals surface area contributed by atoms with Crippen LogP contribution in [0.15, 0.2) is 17.2 Å². The van der Waals surface area contributed by atoms with Crippen LogP contribution < -0.4 is 5.56 Å². The van der Waals surface area contributed by atoms with Gasteiger partial charge in [0, 0.05) is 38.8 Å². The molecular formula is C19H32N4O3S. The predicted molar refractivity (Wildman–Crippen MR) is 106 cm³/mol. The Morgan fingerprint density at radius 1 is 1.04 bits per heavy atom. The van der Waals surface area contributed by atoms with Crippen molar-refractivity contribution >= 4 is 10.2 Å². The smallest absolute Gasteiger partial charge is 0.281 e. The highest BCUT2D eigenvalue weighted by Crippen LogP contribution is 2.24. The molecule has 2 fully saturated rings. The van der Waals surface area contributed by atoms with E-state index in [9.17, 15) is 13.2 Å². The van der Waals surface area contributed by atoms with Crippen LogP contribution in [-0.4, -0.2) is 52.8 Å². The van der Waals surface area contributed by atoms with Gasteiger partial charge in [0.05, 0.1) is 12.0 Å². The minimum atomic E-state index is -3.34. The number of nitrogens with zero attached hydrogens (tertiary/aromatic N) is 4. The van der Waals surface area contributed by atoms with Gasteiger partial charge in [-0.1, -0.05) is 26.7 Å². The maximum atomic E-state index is 12.9. The van der Waals surface area contributed by atoms with Crippen molar-refractivity contribution in [1.29, 1.82) is 0 Å². The summed E-state index contributed by atoms with van der Waals surface area (Å²) in [6.07, 6.45) is 7.35. The molecule has 8 heteroatoms. The van der Waals surface area contributed by atoms with Crippen LogP contribution in [0.2, 0.25) is 0 Å². The molecule has 3 rings (SSSR count). The van der Waals surface area contributed by atoms with Gasteiger partial charge in [-0.3, -0.25) is 9.36 Å². The molecule has 152 valence electrons. The number of hydrogen-bond acceptors (Lipinski definition) is 4. The van der Waals surface area contributed by atoms with Gasteiger partial charge in [0.1, 0.15) is 0 Å². The van der Waals surface area contributed by atoms with Gasteiger partial charge in [0.15, 0.2) is 0 Å². The molecule has 0 aliphatic carbocycles. The molecule has 0 atom stereocenters. The molecule has 0 saturated carbocycles. The third-order valence-electron chi connectivity index (χ3n) is 5.74. The Kier molecular flexibility index (Phi) is 6.70. The largest absolute Gasteiger partial charge is 0.299 e. The minimum Gasteiger partial charge on any atom is -0.299 e. The van der Waals surface area contributed by atoms with Crippen molar-refractivity contribution in [3.63, 3.8) is 0 Å². The van der Waals surface area contributed by atoms with Crippen molar-refractivity contribution in [2.24, 2.45) is 5.92 Å². The molecule has 0 spiro atoms. The van der Waals surface area contributed by atoms with Crippen LogP contribution in [0.5, 0.6) is 0 Å². The van der Waals surface area contributed by atoms with E-state index in [1.807, 2.05) is 13.8 Å². The Bertz CT molecular complexity index is 774. The summed E-state index contributed by atoms with van der Waals surface area (Å²) in [5, 5.41) is 0. The second-order valence-corrected chi connectivity index (χ2v) is 10.1. The minimum absolute atomic E-state index is 0.0201. The number of hydrogen-bond donors (Lipinski definition) is 0. The van der Waals surface area contributed by atoms with E-state index in [0.717, 1.165) is 44.2 Å². The molecule has 27 heavy (non-hydrogen) atoms. The average molecular weight is 397 g/mol. The van der Waals surface area contributed by atoms with E-state index in [1.54, 1.807) is 25.6 Å². The van der Waals surface area contributed by atoms with E-state index in [2.05, 4.69) is 4.98 Å². The third-order valence-corrected chi connectivity index (χ3v) is 7.77. The number of rotatable bonds is 5. The normalized spacial score (nSPS) is 21.4. The Morgan fingerprint density at radius 3 is 2.19 bits per heavy atom. The lowest BCUT2D eigenvalue weighted by atomic mass is 9.98. The first-order valence-electron chi connectivity index (χ1n) is 10.2. The maximum absolute atomic E-state index is 12.9. The Hall–Kier alpha value is -1.25. The number of aromatic nitrogens is 2. The van der Waals surface area contributed by atoms with E-state index in [4.69, 9.17) is 0 Å². The van der Waals surface area contributed by atoms with Crippen molar-refractivity contribution in [2.75, 3.05) is 26.2 Å². The van der Waals surface area contributed by atoms with Gasteiger partial charge in [-0.2, -0.15) is 17.0 Å². The molecule has 0 radical (unpaired) electrons. The SMILES string of the molecule is CC(C)c1cc(=O)n(CC2CCN(S(=O)(=O)N3CCCCCC3)CC2)cn1. The number of piperidine rings is 1. The Balaban J connectivity index is 1.58. The zero-order valence-electron chi connectivity index (χ0n) is 16.5. The average Bonchev–Trinajstić information content (AvgIpc) is 2.94. The summed E-state index contributed by atoms with van der Waals surface area (Å²) in [6.45, 7) is 7.02. The molecule has 3 heterocycles. The fraction of sp³-hybridized carbons (Fsp3) is 0.789. The van der Waals surface area contributed by atoms with Crippen LogP contribution >= 0.6 is 0 Å². The Morgan fingerprint density at radius 2 is 1.63 bits per heavy atom. The summed E-state index contributed by atoms with van der Waals surface area (Å²) in [4.78, 5) is 16.7. The van der Waals surface area contributed by atoms with E-state index < -0.39 is 10.2 Å². The molecule has 2 saturated heterocycles. The van der Waals surface area contributed by atoms with Crippen LogP contribution in [0.1, 0.15) is 64.0 Å². The van der Waals surface area contributed by atoms with Crippen LogP contribution in [0.4, 0.5) is 0 Å². The van der Waals surface area contributed by atoms with Gasteiger partial charge < -0.3 is 0 Å². The summed E-state index contributed by atoms with van der Waals surface area (Å²) in [5.41, 5.74) is 0.794. The molecule has 1 aromatic rings. The summed E-state index contributed by atoms with van der Waals surface area (Å²) in [5.74, 6) is 0.546. The highest BCUT2D eigenvalue weighted by atomic mass is 32.2. The fourth-order valence-corrected chi connectivity index (χ4v) is 5.65. The standard InChI is InChI=1S/C19H32N4O3S/c1-16(2)18-13-19(24)21(15-20-18)14-17-7-11-23(12-8-17)27(25,26)22-9-5-3-4-6-10-22/h13,15-17H,3-12,14H2,1-2H3. The van der Waals surface area contributed by atoms with Crippen LogP contribution in [0.25, 0.3) is 0 Å².